The Morgan fingerprint density at radius 3 is 2.50 bits per heavy atom. The molecule has 1 heterocycles. The fraction of sp³-hybridized carbons (Fsp3) is 0.278. The number of pyridine rings is 1. The van der Waals surface area contributed by atoms with E-state index < -0.39 is 0 Å². The van der Waals surface area contributed by atoms with Gasteiger partial charge in [-0.05, 0) is 49.7 Å². The molecule has 1 aromatic heterocycles. The van der Waals surface area contributed by atoms with Gasteiger partial charge in [-0.15, -0.1) is 0 Å². The number of ether oxygens (including phenoxy) is 1. The van der Waals surface area contributed by atoms with Gasteiger partial charge in [0.25, 0.3) is 5.91 Å². The molecule has 0 bridgehead atoms. The number of esters is 1. The van der Waals surface area contributed by atoms with Gasteiger partial charge in [0.2, 0.25) is 0 Å². The molecule has 0 radical (unpaired) electrons. The van der Waals surface area contributed by atoms with Gasteiger partial charge in [0.1, 0.15) is 5.69 Å². The van der Waals surface area contributed by atoms with Crippen molar-refractivity contribution in [3.8, 4) is 0 Å². The molecule has 2 N–H and O–H groups in total. The fourth-order valence-electron chi connectivity index (χ4n) is 2.03. The second-order valence-electron chi connectivity index (χ2n) is 5.11. The number of rotatable bonds is 7. The quantitative estimate of drug-likeness (QED) is 0.764. The van der Waals surface area contributed by atoms with Crippen molar-refractivity contribution in [1.82, 2.24) is 10.3 Å². The third-order valence-corrected chi connectivity index (χ3v) is 3.21. The predicted octanol–water partition coefficient (Wildman–Crippen LogP) is 3.14. The van der Waals surface area contributed by atoms with Crippen LogP contribution < -0.4 is 10.6 Å². The minimum Gasteiger partial charge on any atom is -0.462 e. The average Bonchev–Trinajstić information content (AvgIpc) is 2.60. The molecular weight excluding hydrogens is 306 g/mol. The summed E-state index contributed by atoms with van der Waals surface area (Å²) in [7, 11) is 0. The lowest BCUT2D eigenvalue weighted by Gasteiger charge is -2.09. The molecule has 2 rings (SSSR count). The third kappa shape index (κ3) is 4.81. The lowest BCUT2D eigenvalue weighted by molar-refractivity contribution is 0.0526. The van der Waals surface area contributed by atoms with Gasteiger partial charge in [-0.1, -0.05) is 6.92 Å². The van der Waals surface area contributed by atoms with Crippen molar-refractivity contribution in [3.63, 3.8) is 0 Å². The first-order valence-electron chi connectivity index (χ1n) is 7.92. The van der Waals surface area contributed by atoms with Crippen molar-refractivity contribution in [2.24, 2.45) is 0 Å². The maximum Gasteiger partial charge on any atom is 0.338 e. The van der Waals surface area contributed by atoms with Crippen molar-refractivity contribution in [1.29, 1.82) is 0 Å². The van der Waals surface area contributed by atoms with E-state index in [0.717, 1.165) is 17.8 Å². The molecule has 2 aromatic rings. The third-order valence-electron chi connectivity index (χ3n) is 3.21. The number of hydrogen-bond donors (Lipinski definition) is 2. The zero-order valence-electron chi connectivity index (χ0n) is 13.8. The molecule has 0 atom stereocenters. The van der Waals surface area contributed by atoms with E-state index in [-0.39, 0.29) is 11.9 Å². The van der Waals surface area contributed by atoms with E-state index in [1.165, 1.54) is 0 Å². The van der Waals surface area contributed by atoms with Crippen molar-refractivity contribution in [3.05, 3.63) is 53.9 Å². The van der Waals surface area contributed by atoms with Crippen LogP contribution >= 0.6 is 0 Å². The van der Waals surface area contributed by atoms with Gasteiger partial charge in [0.15, 0.2) is 0 Å². The number of nitrogens with one attached hydrogen (secondary N) is 2. The minimum atomic E-state index is -0.345. The number of carbonyl (C=O) groups is 2. The van der Waals surface area contributed by atoms with Gasteiger partial charge < -0.3 is 15.4 Å². The van der Waals surface area contributed by atoms with Crippen LogP contribution in [0.1, 0.15) is 41.1 Å². The monoisotopic (exact) mass is 327 g/mol. The molecule has 0 saturated heterocycles. The van der Waals surface area contributed by atoms with E-state index in [2.05, 4.69) is 15.6 Å². The molecule has 1 amide bonds. The fourth-order valence-corrected chi connectivity index (χ4v) is 2.03. The standard InChI is InChI=1S/C18H21N3O3/c1-3-10-20-17(22)16-12-15(9-11-19-16)21-14-7-5-13(6-8-14)18(23)24-4-2/h5-9,11-12H,3-4,10H2,1-2H3,(H,19,21)(H,20,22). The Morgan fingerprint density at radius 1 is 1.08 bits per heavy atom. The number of amides is 1. The lowest BCUT2D eigenvalue weighted by atomic mass is 10.2. The molecule has 0 saturated carbocycles. The predicted molar refractivity (Wildman–Crippen MR) is 92.5 cm³/mol. The summed E-state index contributed by atoms with van der Waals surface area (Å²) in [6.07, 6.45) is 2.45. The van der Waals surface area contributed by atoms with Gasteiger partial charge in [-0.3, -0.25) is 9.78 Å². The zero-order valence-corrected chi connectivity index (χ0v) is 13.8. The number of aromatic nitrogens is 1. The highest BCUT2D eigenvalue weighted by atomic mass is 16.5. The lowest BCUT2D eigenvalue weighted by Crippen LogP contribution is -2.24. The van der Waals surface area contributed by atoms with E-state index in [1.54, 1.807) is 49.5 Å². The normalized spacial score (nSPS) is 10.1. The Balaban J connectivity index is 2.05. The summed E-state index contributed by atoms with van der Waals surface area (Å²) >= 11 is 0. The van der Waals surface area contributed by atoms with Crippen LogP contribution in [0, 0.1) is 0 Å². The Bertz CT molecular complexity index is 699. The Labute approximate surface area is 141 Å². The molecule has 0 fully saturated rings. The van der Waals surface area contributed by atoms with Gasteiger partial charge in [0, 0.05) is 24.1 Å². The number of benzene rings is 1. The van der Waals surface area contributed by atoms with Crippen molar-refractivity contribution in [2.75, 3.05) is 18.5 Å². The highest BCUT2D eigenvalue weighted by Crippen LogP contribution is 2.18. The largest absolute Gasteiger partial charge is 0.462 e. The highest BCUT2D eigenvalue weighted by Gasteiger charge is 2.08. The van der Waals surface area contributed by atoms with Crippen LogP contribution in [0.15, 0.2) is 42.6 Å². The number of carbonyl (C=O) groups excluding carboxylic acids is 2. The first-order valence-corrected chi connectivity index (χ1v) is 7.92. The summed E-state index contributed by atoms with van der Waals surface area (Å²) < 4.78 is 4.95. The van der Waals surface area contributed by atoms with Gasteiger partial charge in [-0.25, -0.2) is 4.79 Å². The van der Waals surface area contributed by atoms with Crippen molar-refractivity contribution < 1.29 is 14.3 Å². The van der Waals surface area contributed by atoms with Crippen LogP contribution in [0.4, 0.5) is 11.4 Å². The van der Waals surface area contributed by atoms with E-state index in [0.29, 0.717) is 24.4 Å². The van der Waals surface area contributed by atoms with E-state index in [1.807, 2.05) is 6.92 Å². The van der Waals surface area contributed by atoms with Gasteiger partial charge in [-0.2, -0.15) is 0 Å². The summed E-state index contributed by atoms with van der Waals surface area (Å²) in [5, 5.41) is 5.97. The first-order chi connectivity index (χ1) is 11.6. The summed E-state index contributed by atoms with van der Waals surface area (Å²) in [6.45, 7) is 4.73. The Hall–Kier alpha value is -2.89. The van der Waals surface area contributed by atoms with Gasteiger partial charge >= 0.3 is 5.97 Å². The second-order valence-corrected chi connectivity index (χ2v) is 5.11. The first kappa shape index (κ1) is 17.5. The topological polar surface area (TPSA) is 80.3 Å². The second kappa shape index (κ2) is 8.67. The van der Waals surface area contributed by atoms with Crippen LogP contribution in [0.2, 0.25) is 0 Å². The maximum atomic E-state index is 11.9. The molecule has 6 heteroatoms. The molecule has 0 aliphatic rings. The Kier molecular flexibility index (Phi) is 6.31. The summed E-state index contributed by atoms with van der Waals surface area (Å²) in [4.78, 5) is 27.6. The molecule has 126 valence electrons. The van der Waals surface area contributed by atoms with E-state index in [4.69, 9.17) is 4.74 Å². The minimum absolute atomic E-state index is 0.196. The molecule has 0 aliphatic heterocycles. The number of hydrogen-bond acceptors (Lipinski definition) is 5. The molecule has 0 aliphatic carbocycles. The van der Waals surface area contributed by atoms with Crippen LogP contribution in [0.25, 0.3) is 0 Å². The van der Waals surface area contributed by atoms with E-state index in [9.17, 15) is 9.59 Å². The molecule has 24 heavy (non-hydrogen) atoms. The van der Waals surface area contributed by atoms with Crippen LogP contribution in [-0.4, -0.2) is 30.0 Å². The van der Waals surface area contributed by atoms with Crippen LogP contribution in [0.3, 0.4) is 0 Å². The van der Waals surface area contributed by atoms with Crippen molar-refractivity contribution in [2.45, 2.75) is 20.3 Å². The Morgan fingerprint density at radius 2 is 1.83 bits per heavy atom. The number of anilines is 2. The van der Waals surface area contributed by atoms with Crippen molar-refractivity contribution >= 4 is 23.3 Å². The van der Waals surface area contributed by atoms with Gasteiger partial charge in [0.05, 0.1) is 12.2 Å². The SMILES string of the molecule is CCCNC(=O)c1cc(Nc2ccc(C(=O)OCC)cc2)ccn1. The molecule has 6 nitrogen and oxygen atoms in total. The summed E-state index contributed by atoms with van der Waals surface area (Å²) in [5.41, 5.74) is 2.40. The molecule has 0 spiro atoms. The molecular formula is C18H21N3O3. The molecule has 1 aromatic carbocycles. The number of nitrogens with zero attached hydrogens (tertiary/aromatic N) is 1. The molecule has 0 unspecified atom stereocenters. The maximum absolute atomic E-state index is 11.9. The average molecular weight is 327 g/mol. The summed E-state index contributed by atoms with van der Waals surface area (Å²) in [6, 6.07) is 10.4. The smallest absolute Gasteiger partial charge is 0.338 e. The highest BCUT2D eigenvalue weighted by molar-refractivity contribution is 5.93. The van der Waals surface area contributed by atoms with Crippen LogP contribution in [0.5, 0.6) is 0 Å². The van der Waals surface area contributed by atoms with Crippen LogP contribution in [-0.2, 0) is 4.74 Å². The summed E-state index contributed by atoms with van der Waals surface area (Å²) in [5.74, 6) is -0.541. The zero-order chi connectivity index (χ0) is 17.4. The van der Waals surface area contributed by atoms with E-state index >= 15 is 0 Å².